The molecule has 5 heteroatoms. The highest BCUT2D eigenvalue weighted by Gasteiger charge is 2.33. The summed E-state index contributed by atoms with van der Waals surface area (Å²) in [6.45, 7) is 0. The van der Waals surface area contributed by atoms with Gasteiger partial charge in [0, 0.05) is 10.2 Å². The fourth-order valence-corrected chi connectivity index (χ4v) is 1.94. The van der Waals surface area contributed by atoms with Crippen molar-refractivity contribution in [1.82, 2.24) is 0 Å². The number of benzene rings is 2. The quantitative estimate of drug-likeness (QED) is 0.757. The fourth-order valence-electron chi connectivity index (χ4n) is 1.68. The molecule has 0 saturated carbocycles. The number of nitrogens with two attached hydrogens (primary N) is 1. The number of nitrogen functional groups attached to an aromatic ring is 1. The second kappa shape index (κ2) is 4.65. The second-order valence-electron chi connectivity index (χ2n) is 3.81. The maximum absolute atomic E-state index is 12.9. The second-order valence-corrected chi connectivity index (χ2v) is 4.73. The van der Waals surface area contributed by atoms with Crippen molar-refractivity contribution < 1.29 is 13.2 Å². The van der Waals surface area contributed by atoms with Gasteiger partial charge < -0.3 is 5.73 Å². The lowest BCUT2D eigenvalue weighted by Gasteiger charge is -2.13. The van der Waals surface area contributed by atoms with E-state index in [0.717, 1.165) is 10.5 Å². The van der Waals surface area contributed by atoms with Crippen molar-refractivity contribution in [2.24, 2.45) is 0 Å². The van der Waals surface area contributed by atoms with Gasteiger partial charge in [0.05, 0.1) is 5.56 Å². The molecule has 0 saturated heterocycles. The van der Waals surface area contributed by atoms with Gasteiger partial charge in [-0.1, -0.05) is 34.1 Å². The largest absolute Gasteiger partial charge is 0.417 e. The summed E-state index contributed by atoms with van der Waals surface area (Å²) in [6, 6.07) is 10.5. The van der Waals surface area contributed by atoms with Gasteiger partial charge in [-0.2, -0.15) is 13.2 Å². The maximum Gasteiger partial charge on any atom is 0.417 e. The van der Waals surface area contributed by atoms with Crippen molar-refractivity contribution in [3.8, 4) is 11.1 Å². The van der Waals surface area contributed by atoms with Crippen molar-refractivity contribution in [2.75, 3.05) is 5.73 Å². The zero-order valence-electron chi connectivity index (χ0n) is 9.13. The summed E-state index contributed by atoms with van der Waals surface area (Å²) in [7, 11) is 0. The Bertz CT molecular complexity index is 561. The molecular formula is C13H9BrF3N. The molecule has 2 rings (SSSR count). The zero-order valence-corrected chi connectivity index (χ0v) is 10.7. The Morgan fingerprint density at radius 3 is 2.11 bits per heavy atom. The maximum atomic E-state index is 12.9. The normalized spacial score (nSPS) is 11.6. The highest BCUT2D eigenvalue weighted by molar-refractivity contribution is 9.10. The number of alkyl halides is 3. The van der Waals surface area contributed by atoms with E-state index < -0.39 is 11.7 Å². The number of halogens is 4. The van der Waals surface area contributed by atoms with Gasteiger partial charge in [0.1, 0.15) is 0 Å². The van der Waals surface area contributed by atoms with E-state index in [1.807, 2.05) is 0 Å². The number of rotatable bonds is 1. The molecule has 0 fully saturated rings. The van der Waals surface area contributed by atoms with Crippen LogP contribution in [-0.2, 0) is 6.18 Å². The van der Waals surface area contributed by atoms with Crippen LogP contribution in [0.2, 0.25) is 0 Å². The Balaban J connectivity index is 2.60. The molecule has 0 radical (unpaired) electrons. The van der Waals surface area contributed by atoms with Crippen LogP contribution in [0.4, 0.5) is 18.9 Å². The predicted octanol–water partition coefficient (Wildman–Crippen LogP) is 4.72. The molecule has 2 aromatic rings. The molecule has 0 spiro atoms. The zero-order chi connectivity index (χ0) is 13.3. The Kier molecular flexibility index (Phi) is 3.34. The number of hydrogen-bond donors (Lipinski definition) is 1. The monoisotopic (exact) mass is 315 g/mol. The first-order chi connectivity index (χ1) is 8.38. The molecule has 0 heterocycles. The lowest BCUT2D eigenvalue weighted by atomic mass is 9.99. The average Bonchev–Trinajstić information content (AvgIpc) is 2.29. The summed E-state index contributed by atoms with van der Waals surface area (Å²) < 4.78 is 39.6. The highest BCUT2D eigenvalue weighted by Crippen LogP contribution is 2.38. The van der Waals surface area contributed by atoms with Crippen molar-refractivity contribution in [3.05, 3.63) is 52.5 Å². The SMILES string of the molecule is Nc1ccc(-c2ccc(Br)cc2)c(C(F)(F)F)c1. The van der Waals surface area contributed by atoms with Crippen LogP contribution in [0.1, 0.15) is 5.56 Å². The predicted molar refractivity (Wildman–Crippen MR) is 69.0 cm³/mol. The summed E-state index contributed by atoms with van der Waals surface area (Å²) in [5.41, 5.74) is 5.44. The van der Waals surface area contributed by atoms with Gasteiger partial charge in [0.2, 0.25) is 0 Å². The lowest BCUT2D eigenvalue weighted by Crippen LogP contribution is -2.08. The smallest absolute Gasteiger partial charge is 0.399 e. The van der Waals surface area contributed by atoms with Crippen LogP contribution in [0.15, 0.2) is 46.9 Å². The van der Waals surface area contributed by atoms with E-state index in [2.05, 4.69) is 15.9 Å². The third-order valence-electron chi connectivity index (χ3n) is 2.50. The van der Waals surface area contributed by atoms with Gasteiger partial charge >= 0.3 is 6.18 Å². The van der Waals surface area contributed by atoms with E-state index >= 15 is 0 Å². The fraction of sp³-hybridized carbons (Fsp3) is 0.0769. The average molecular weight is 316 g/mol. The van der Waals surface area contributed by atoms with Gasteiger partial charge in [-0.15, -0.1) is 0 Å². The van der Waals surface area contributed by atoms with Crippen molar-refractivity contribution in [2.45, 2.75) is 6.18 Å². The van der Waals surface area contributed by atoms with Gasteiger partial charge in [-0.3, -0.25) is 0 Å². The van der Waals surface area contributed by atoms with E-state index in [0.29, 0.717) is 5.56 Å². The highest BCUT2D eigenvalue weighted by atomic mass is 79.9. The van der Waals surface area contributed by atoms with Crippen LogP contribution < -0.4 is 5.73 Å². The summed E-state index contributed by atoms with van der Waals surface area (Å²) in [5, 5.41) is 0. The van der Waals surface area contributed by atoms with E-state index in [1.54, 1.807) is 24.3 Å². The molecule has 0 aromatic heterocycles. The minimum absolute atomic E-state index is 0.100. The molecule has 94 valence electrons. The number of hydrogen-bond acceptors (Lipinski definition) is 1. The van der Waals surface area contributed by atoms with E-state index in [9.17, 15) is 13.2 Å². The van der Waals surface area contributed by atoms with Gasteiger partial charge in [0.15, 0.2) is 0 Å². The first-order valence-electron chi connectivity index (χ1n) is 5.10. The molecule has 2 N–H and O–H groups in total. The topological polar surface area (TPSA) is 26.0 Å². The Hall–Kier alpha value is -1.49. The van der Waals surface area contributed by atoms with E-state index in [-0.39, 0.29) is 11.3 Å². The van der Waals surface area contributed by atoms with Crippen molar-refractivity contribution >= 4 is 21.6 Å². The minimum Gasteiger partial charge on any atom is -0.399 e. The molecule has 2 aromatic carbocycles. The molecule has 0 unspecified atom stereocenters. The first kappa shape index (κ1) is 13.0. The number of anilines is 1. The van der Waals surface area contributed by atoms with Gasteiger partial charge in [0.25, 0.3) is 0 Å². The van der Waals surface area contributed by atoms with Crippen molar-refractivity contribution in [3.63, 3.8) is 0 Å². The summed E-state index contributed by atoms with van der Waals surface area (Å²) in [6.07, 6.45) is -4.42. The molecule has 0 aliphatic carbocycles. The molecule has 0 atom stereocenters. The van der Waals surface area contributed by atoms with Crippen LogP contribution in [0, 0.1) is 0 Å². The van der Waals surface area contributed by atoms with Gasteiger partial charge in [-0.05, 0) is 35.4 Å². The van der Waals surface area contributed by atoms with Crippen LogP contribution in [0.5, 0.6) is 0 Å². The Morgan fingerprint density at radius 2 is 1.56 bits per heavy atom. The van der Waals surface area contributed by atoms with Crippen LogP contribution >= 0.6 is 15.9 Å². The molecular weight excluding hydrogens is 307 g/mol. The van der Waals surface area contributed by atoms with E-state index in [1.165, 1.54) is 12.1 Å². The van der Waals surface area contributed by atoms with Crippen LogP contribution in [0.3, 0.4) is 0 Å². The summed E-state index contributed by atoms with van der Waals surface area (Å²) in [4.78, 5) is 0. The third kappa shape index (κ3) is 2.67. The van der Waals surface area contributed by atoms with E-state index in [4.69, 9.17) is 5.73 Å². The molecule has 0 aliphatic heterocycles. The molecule has 0 amide bonds. The van der Waals surface area contributed by atoms with Crippen LogP contribution in [0.25, 0.3) is 11.1 Å². The lowest BCUT2D eigenvalue weighted by molar-refractivity contribution is -0.137. The first-order valence-corrected chi connectivity index (χ1v) is 5.90. The minimum atomic E-state index is -4.42. The van der Waals surface area contributed by atoms with Crippen LogP contribution in [-0.4, -0.2) is 0 Å². The summed E-state index contributed by atoms with van der Waals surface area (Å²) in [5.74, 6) is 0. The molecule has 1 nitrogen and oxygen atoms in total. The molecule has 0 aliphatic rings. The Labute approximate surface area is 111 Å². The third-order valence-corrected chi connectivity index (χ3v) is 3.03. The molecule has 18 heavy (non-hydrogen) atoms. The van der Waals surface area contributed by atoms with Crippen molar-refractivity contribution in [1.29, 1.82) is 0 Å². The standard InChI is InChI=1S/C13H9BrF3N/c14-9-3-1-8(2-4-9)11-6-5-10(18)7-12(11)13(15,16)17/h1-7H,18H2. The summed E-state index contributed by atoms with van der Waals surface area (Å²) >= 11 is 3.25. The Morgan fingerprint density at radius 1 is 0.944 bits per heavy atom. The molecule has 0 bridgehead atoms. The van der Waals surface area contributed by atoms with Gasteiger partial charge in [-0.25, -0.2) is 0 Å².